The zero-order chi connectivity index (χ0) is 18.4. The molecule has 0 spiro atoms. The SMILES string of the molecule is CC(=O)c1ccc(-c2noc(-c3cc4c(Cl)ccc(Cl)c4o3)n2)cc1F. The number of carbonyl (C=O) groups is 1. The molecule has 0 saturated carbocycles. The summed E-state index contributed by atoms with van der Waals surface area (Å²) in [7, 11) is 0. The number of carbonyl (C=O) groups excluding carboxylic acids is 1. The third-order valence-electron chi connectivity index (χ3n) is 3.83. The number of halogens is 3. The molecular weight excluding hydrogens is 382 g/mol. The van der Waals surface area contributed by atoms with Gasteiger partial charge < -0.3 is 8.94 Å². The van der Waals surface area contributed by atoms with Crippen LogP contribution >= 0.6 is 23.2 Å². The lowest BCUT2D eigenvalue weighted by atomic mass is 10.1. The first-order chi connectivity index (χ1) is 12.4. The van der Waals surface area contributed by atoms with E-state index in [0.717, 1.165) is 0 Å². The van der Waals surface area contributed by atoms with Gasteiger partial charge in [0.2, 0.25) is 5.82 Å². The Kier molecular flexibility index (Phi) is 4.01. The van der Waals surface area contributed by atoms with Gasteiger partial charge in [0.15, 0.2) is 17.1 Å². The normalized spacial score (nSPS) is 11.2. The first kappa shape index (κ1) is 16.8. The van der Waals surface area contributed by atoms with Crippen LogP contribution in [-0.2, 0) is 0 Å². The molecule has 0 aliphatic carbocycles. The Morgan fingerprint density at radius 2 is 1.88 bits per heavy atom. The van der Waals surface area contributed by atoms with E-state index in [1.807, 2.05) is 0 Å². The molecule has 0 bridgehead atoms. The minimum atomic E-state index is -0.649. The van der Waals surface area contributed by atoms with Crippen molar-refractivity contribution in [3.8, 4) is 23.0 Å². The smallest absolute Gasteiger partial charge is 0.293 e. The number of fused-ring (bicyclic) bond motifs is 1. The van der Waals surface area contributed by atoms with E-state index in [9.17, 15) is 9.18 Å². The molecule has 2 aromatic carbocycles. The molecule has 4 rings (SSSR count). The second kappa shape index (κ2) is 6.23. The van der Waals surface area contributed by atoms with Gasteiger partial charge in [-0.05, 0) is 37.3 Å². The van der Waals surface area contributed by atoms with Crippen LogP contribution in [-0.4, -0.2) is 15.9 Å². The molecule has 8 heteroatoms. The first-order valence-electron chi connectivity index (χ1n) is 7.46. The van der Waals surface area contributed by atoms with Crippen LogP contribution in [0.15, 0.2) is 45.3 Å². The summed E-state index contributed by atoms with van der Waals surface area (Å²) in [5.74, 6) is -0.469. The quantitative estimate of drug-likeness (QED) is 0.413. The van der Waals surface area contributed by atoms with Gasteiger partial charge in [0.25, 0.3) is 5.89 Å². The number of furan rings is 1. The molecule has 0 saturated heterocycles. The summed E-state index contributed by atoms with van der Waals surface area (Å²) in [5, 5.41) is 5.32. The maximum atomic E-state index is 14.0. The van der Waals surface area contributed by atoms with Gasteiger partial charge in [0.05, 0.1) is 15.6 Å². The molecule has 0 unspecified atom stereocenters. The first-order valence-corrected chi connectivity index (χ1v) is 8.22. The Hall–Kier alpha value is -2.70. The fourth-order valence-electron chi connectivity index (χ4n) is 2.54. The third-order valence-corrected chi connectivity index (χ3v) is 4.45. The average Bonchev–Trinajstić information content (AvgIpc) is 3.25. The van der Waals surface area contributed by atoms with Gasteiger partial charge in [-0.3, -0.25) is 4.79 Å². The molecule has 2 heterocycles. The highest BCUT2D eigenvalue weighted by molar-refractivity contribution is 6.39. The Morgan fingerprint density at radius 3 is 2.58 bits per heavy atom. The molecule has 2 aromatic heterocycles. The lowest BCUT2D eigenvalue weighted by Crippen LogP contribution is -1.97. The van der Waals surface area contributed by atoms with Crippen molar-refractivity contribution in [1.29, 1.82) is 0 Å². The summed E-state index contributed by atoms with van der Waals surface area (Å²) in [6.45, 7) is 1.29. The molecule has 5 nitrogen and oxygen atoms in total. The monoisotopic (exact) mass is 390 g/mol. The molecule has 0 fully saturated rings. The molecule has 26 heavy (non-hydrogen) atoms. The fraction of sp³-hybridized carbons (Fsp3) is 0.0556. The average molecular weight is 391 g/mol. The molecule has 130 valence electrons. The van der Waals surface area contributed by atoms with E-state index in [4.69, 9.17) is 32.1 Å². The van der Waals surface area contributed by atoms with E-state index in [2.05, 4.69) is 10.1 Å². The van der Waals surface area contributed by atoms with Crippen LogP contribution in [0.2, 0.25) is 10.0 Å². The molecule has 0 amide bonds. The molecule has 0 aliphatic heterocycles. The highest BCUT2D eigenvalue weighted by Gasteiger charge is 2.18. The van der Waals surface area contributed by atoms with Crippen molar-refractivity contribution >= 4 is 40.0 Å². The minimum Gasteiger partial charge on any atom is -0.449 e. The highest BCUT2D eigenvalue weighted by atomic mass is 35.5. The number of hydrogen-bond acceptors (Lipinski definition) is 5. The van der Waals surface area contributed by atoms with Crippen LogP contribution in [0.3, 0.4) is 0 Å². The van der Waals surface area contributed by atoms with Gasteiger partial charge in [-0.15, -0.1) is 0 Å². The van der Waals surface area contributed by atoms with Gasteiger partial charge in [-0.2, -0.15) is 4.98 Å². The number of nitrogens with zero attached hydrogens (tertiary/aromatic N) is 2. The van der Waals surface area contributed by atoms with Crippen molar-refractivity contribution in [2.75, 3.05) is 0 Å². The maximum Gasteiger partial charge on any atom is 0.293 e. The largest absolute Gasteiger partial charge is 0.449 e. The van der Waals surface area contributed by atoms with E-state index in [-0.39, 0.29) is 28.8 Å². The predicted octanol–water partition coefficient (Wildman–Crippen LogP) is 5.80. The van der Waals surface area contributed by atoms with Crippen LogP contribution in [0.1, 0.15) is 17.3 Å². The standard InChI is InChI=1S/C18H9Cl2FN2O3/c1-8(24)10-3-2-9(6-14(10)21)17-22-18(26-23-17)15-7-11-12(19)4-5-13(20)16(11)25-15/h2-7H,1H3. The van der Waals surface area contributed by atoms with E-state index in [1.165, 1.54) is 19.1 Å². The summed E-state index contributed by atoms with van der Waals surface area (Å²) in [6.07, 6.45) is 0. The molecule has 0 atom stereocenters. The Bertz CT molecular complexity index is 1130. The lowest BCUT2D eigenvalue weighted by molar-refractivity contribution is 0.101. The van der Waals surface area contributed by atoms with Crippen LogP contribution in [0.25, 0.3) is 34.0 Å². The Labute approximate surface area is 156 Å². The van der Waals surface area contributed by atoms with E-state index in [0.29, 0.717) is 26.6 Å². The van der Waals surface area contributed by atoms with Gasteiger partial charge >= 0.3 is 0 Å². The van der Waals surface area contributed by atoms with Crippen molar-refractivity contribution in [3.05, 3.63) is 57.8 Å². The zero-order valence-corrected chi connectivity index (χ0v) is 14.7. The molecule has 4 aromatic rings. The zero-order valence-electron chi connectivity index (χ0n) is 13.2. The van der Waals surface area contributed by atoms with Gasteiger partial charge in [-0.25, -0.2) is 4.39 Å². The lowest BCUT2D eigenvalue weighted by Gasteiger charge is -1.99. The molecule has 0 N–H and O–H groups in total. The van der Waals surface area contributed by atoms with Crippen molar-refractivity contribution in [3.63, 3.8) is 0 Å². The molecule has 0 radical (unpaired) electrons. The Morgan fingerprint density at radius 1 is 1.12 bits per heavy atom. The maximum absolute atomic E-state index is 14.0. The van der Waals surface area contributed by atoms with E-state index in [1.54, 1.807) is 24.3 Å². The fourth-order valence-corrected chi connectivity index (χ4v) is 2.95. The number of aromatic nitrogens is 2. The number of hydrogen-bond donors (Lipinski definition) is 0. The van der Waals surface area contributed by atoms with Crippen LogP contribution in [0.5, 0.6) is 0 Å². The van der Waals surface area contributed by atoms with Gasteiger partial charge in [0.1, 0.15) is 5.82 Å². The van der Waals surface area contributed by atoms with Crippen molar-refractivity contribution in [1.82, 2.24) is 10.1 Å². The van der Waals surface area contributed by atoms with E-state index < -0.39 is 5.82 Å². The number of ketones is 1. The van der Waals surface area contributed by atoms with Crippen LogP contribution in [0.4, 0.5) is 4.39 Å². The predicted molar refractivity (Wildman–Crippen MR) is 94.9 cm³/mol. The topological polar surface area (TPSA) is 69.1 Å². The third kappa shape index (κ3) is 2.77. The van der Waals surface area contributed by atoms with Gasteiger partial charge in [0, 0.05) is 10.9 Å². The summed E-state index contributed by atoms with van der Waals surface area (Å²) in [6, 6.07) is 9.02. The van der Waals surface area contributed by atoms with Crippen molar-refractivity contribution < 1.29 is 18.1 Å². The van der Waals surface area contributed by atoms with Crippen molar-refractivity contribution in [2.24, 2.45) is 0 Å². The molecular formula is C18H9Cl2FN2O3. The van der Waals surface area contributed by atoms with Gasteiger partial charge in [-0.1, -0.05) is 34.4 Å². The highest BCUT2D eigenvalue weighted by Crippen LogP contribution is 2.36. The number of benzene rings is 2. The summed E-state index contributed by atoms with van der Waals surface area (Å²) >= 11 is 12.2. The summed E-state index contributed by atoms with van der Waals surface area (Å²) in [4.78, 5) is 15.5. The minimum absolute atomic E-state index is 0.000892. The number of rotatable bonds is 3. The number of Topliss-reactive ketones (excluding diaryl/α,β-unsaturated/α-hetero) is 1. The second-order valence-corrected chi connectivity index (χ2v) is 6.37. The second-order valence-electron chi connectivity index (χ2n) is 5.56. The van der Waals surface area contributed by atoms with E-state index >= 15 is 0 Å². The van der Waals surface area contributed by atoms with Crippen molar-refractivity contribution in [2.45, 2.75) is 6.92 Å². The summed E-state index contributed by atoms with van der Waals surface area (Å²) in [5.41, 5.74) is 0.777. The molecule has 0 aliphatic rings. The van der Waals surface area contributed by atoms with Crippen LogP contribution < -0.4 is 0 Å². The Balaban J connectivity index is 1.75. The summed E-state index contributed by atoms with van der Waals surface area (Å²) < 4.78 is 24.8. The van der Waals surface area contributed by atoms with Crippen LogP contribution in [0, 0.1) is 5.82 Å².